The Bertz CT molecular complexity index is 3650. The maximum absolute atomic E-state index is 14.4. The Hall–Kier alpha value is -7.72. The largest absolute Gasteiger partial charge is 0.503 e. The van der Waals surface area contributed by atoms with Gasteiger partial charge in [0.15, 0.2) is 61.9 Å². The number of carbonyl (C=O) groups excluding carboxylic acids is 8. The van der Waals surface area contributed by atoms with Crippen LogP contribution in [0.3, 0.4) is 0 Å². The van der Waals surface area contributed by atoms with Crippen LogP contribution >= 0.6 is 10.7 Å². The quantitative estimate of drug-likeness (QED) is 0.0563. The average molecular weight is 1280 g/mol. The molecule has 4 heterocycles. The standard InChI is InChI=1S/C25H12F8N2O11S2.C12H10N2O6.C6HClF4O3S/c26-10-14(30)20(15(31)11(27)18(10)36)47(42,43)3-34-22(38)6-4-1-2-5(7(6)23(34)39)9-8(4)24(40)35(25(9)41)46-48(44,45)21-16(32)12(28)19(37)13(29)17(21)33;15-9-5-3-1-2-4(7(5)11(17)13(9)19)8-6(3)10(16)14(20)12(8)18;7-15(13,14)6-3(10)1(8)5(12)2(9)4(6)11/h1-2,4-9,36-37H,3H2;1-8,19-20H;12H. The minimum absolute atomic E-state index is 0.0621. The van der Waals surface area contributed by atoms with Gasteiger partial charge in [-0.1, -0.05) is 24.3 Å². The monoisotopic (exact) mass is 1270 g/mol. The van der Waals surface area contributed by atoms with Crippen LogP contribution in [0, 0.1) is 141 Å². The number of rotatable bonds is 7. The fourth-order valence-corrected chi connectivity index (χ4v) is 15.0. The maximum Gasteiger partial charge on any atom is 0.324 e. The van der Waals surface area contributed by atoms with E-state index in [1.807, 2.05) is 0 Å². The van der Waals surface area contributed by atoms with Crippen LogP contribution in [0.1, 0.15) is 0 Å². The molecule has 83 heavy (non-hydrogen) atoms. The van der Waals surface area contributed by atoms with Crippen molar-refractivity contribution in [1.82, 2.24) is 20.1 Å². The Morgan fingerprint density at radius 1 is 0.386 bits per heavy atom. The summed E-state index contributed by atoms with van der Waals surface area (Å²) in [6.07, 6.45) is 5.52. The molecule has 4 bridgehead atoms. The number of carbonyl (C=O) groups is 8. The molecule has 0 radical (unpaired) electrons. The average Bonchev–Trinajstić information content (AvgIpc) is 1.73. The number of amides is 8. The molecule has 40 heteroatoms. The lowest BCUT2D eigenvalue weighted by atomic mass is 9.54. The van der Waals surface area contributed by atoms with Crippen molar-refractivity contribution in [3.05, 3.63) is 94.1 Å². The van der Waals surface area contributed by atoms with Crippen molar-refractivity contribution in [2.45, 2.75) is 14.7 Å². The van der Waals surface area contributed by atoms with Gasteiger partial charge < -0.3 is 15.3 Å². The van der Waals surface area contributed by atoms with Crippen molar-refractivity contribution in [3.8, 4) is 17.2 Å². The molecule has 4 saturated heterocycles. The first-order chi connectivity index (χ1) is 38.3. The van der Waals surface area contributed by atoms with Gasteiger partial charge in [-0.05, 0) is 0 Å². The summed E-state index contributed by atoms with van der Waals surface area (Å²) in [7, 11) is -12.2. The summed E-state index contributed by atoms with van der Waals surface area (Å²) in [5.74, 6) is -61.6. The van der Waals surface area contributed by atoms with Crippen LogP contribution in [0.2, 0.25) is 0 Å². The van der Waals surface area contributed by atoms with Crippen molar-refractivity contribution >= 4 is 86.9 Å². The van der Waals surface area contributed by atoms with Crippen molar-refractivity contribution in [1.29, 1.82) is 0 Å². The second kappa shape index (κ2) is 19.7. The molecular formula is C43H23ClF12N4O20S3. The lowest BCUT2D eigenvalue weighted by Gasteiger charge is -2.44. The number of benzene rings is 3. The maximum atomic E-state index is 14.4. The van der Waals surface area contributed by atoms with Gasteiger partial charge in [-0.15, -0.1) is 9.35 Å². The van der Waals surface area contributed by atoms with Crippen LogP contribution in [0.4, 0.5) is 52.7 Å². The minimum Gasteiger partial charge on any atom is -0.503 e. The second-order valence-corrected chi connectivity index (χ2v) is 24.7. The van der Waals surface area contributed by atoms with E-state index in [0.717, 1.165) is 12.2 Å². The summed E-state index contributed by atoms with van der Waals surface area (Å²) in [4.78, 5) is 94.3. The number of nitrogens with zero attached hydrogens (tertiary/aromatic N) is 4. The first-order valence-electron chi connectivity index (χ1n) is 22.3. The predicted octanol–water partition coefficient (Wildman–Crippen LogP) is 1.94. The van der Waals surface area contributed by atoms with Crippen LogP contribution in [0.15, 0.2) is 39.0 Å². The number of halogens is 13. The highest BCUT2D eigenvalue weighted by atomic mass is 35.7. The second-order valence-electron chi connectivity index (χ2n) is 18.8. The molecule has 6 aliphatic carbocycles. The van der Waals surface area contributed by atoms with E-state index in [-0.39, 0.29) is 15.0 Å². The van der Waals surface area contributed by atoms with E-state index in [1.54, 1.807) is 12.2 Å². The van der Waals surface area contributed by atoms with E-state index in [4.69, 9.17) is 15.3 Å². The molecule has 5 N–H and O–H groups in total. The Kier molecular flexibility index (Phi) is 14.2. The van der Waals surface area contributed by atoms with Crippen LogP contribution < -0.4 is 0 Å². The number of hydrogen-bond acceptors (Lipinski definition) is 20. The molecule has 0 aromatic heterocycles. The van der Waals surface area contributed by atoms with Gasteiger partial charge in [0.25, 0.3) is 44.5 Å². The zero-order valence-electron chi connectivity index (χ0n) is 39.2. The zero-order valence-corrected chi connectivity index (χ0v) is 42.4. The molecule has 3 aromatic carbocycles. The summed E-state index contributed by atoms with van der Waals surface area (Å²) in [6, 6.07) is 0. The Balaban J connectivity index is 0.000000191. The Labute approximate surface area is 454 Å². The summed E-state index contributed by atoms with van der Waals surface area (Å²) in [6.45, 7) is 0. The van der Waals surface area contributed by atoms with Crippen molar-refractivity contribution in [3.63, 3.8) is 0 Å². The molecule has 10 aliphatic rings. The number of imide groups is 4. The first-order valence-corrected chi connectivity index (χ1v) is 27.7. The topological polar surface area (TPSA) is 362 Å². The van der Waals surface area contributed by atoms with Crippen LogP contribution in [-0.4, -0.2) is 124 Å². The van der Waals surface area contributed by atoms with Gasteiger partial charge in [-0.3, -0.25) is 53.7 Å². The molecule has 4 aliphatic heterocycles. The lowest BCUT2D eigenvalue weighted by molar-refractivity contribution is -0.174. The Morgan fingerprint density at radius 3 is 0.904 bits per heavy atom. The molecular weight excluding hydrogens is 1250 g/mol. The van der Waals surface area contributed by atoms with E-state index < -0.39 is 260 Å². The van der Waals surface area contributed by atoms with Crippen LogP contribution in [-0.2, 0) is 71.6 Å². The first kappa shape index (κ1) is 59.9. The van der Waals surface area contributed by atoms with Gasteiger partial charge in [-0.25, -0.2) is 43.2 Å². The van der Waals surface area contributed by atoms with Gasteiger partial charge >= 0.3 is 10.1 Å². The molecule has 10 unspecified atom stereocenters. The number of sulfone groups is 1. The highest BCUT2D eigenvalue weighted by Gasteiger charge is 2.71. The van der Waals surface area contributed by atoms with E-state index in [1.165, 1.54) is 0 Å². The third kappa shape index (κ3) is 8.45. The number of aromatic hydroxyl groups is 3. The fraction of sp³-hybridized carbons (Fsp3) is 0.302. The van der Waals surface area contributed by atoms with Gasteiger partial charge in [0.05, 0.1) is 47.3 Å². The molecule has 2 saturated carbocycles. The third-order valence-electron chi connectivity index (χ3n) is 14.9. The van der Waals surface area contributed by atoms with Crippen molar-refractivity contribution in [2.24, 2.45) is 71.0 Å². The fourth-order valence-electron chi connectivity index (χ4n) is 11.5. The molecule has 0 spiro atoms. The van der Waals surface area contributed by atoms with E-state index in [2.05, 4.69) is 15.0 Å². The molecule has 24 nitrogen and oxygen atoms in total. The van der Waals surface area contributed by atoms with Crippen LogP contribution in [0.5, 0.6) is 17.2 Å². The molecule has 8 amide bonds. The van der Waals surface area contributed by atoms with Gasteiger partial charge in [-0.2, -0.15) is 44.9 Å². The van der Waals surface area contributed by atoms with Crippen molar-refractivity contribution in [2.75, 3.05) is 5.88 Å². The molecule has 6 fully saturated rings. The number of hydroxylamine groups is 6. The third-order valence-corrected chi connectivity index (χ3v) is 19.0. The zero-order chi connectivity index (χ0) is 62.0. The number of phenols is 3. The molecule has 3 aromatic rings. The lowest BCUT2D eigenvalue weighted by Crippen LogP contribution is -2.50. The number of likely N-dealkylation sites (tertiary alicyclic amines) is 1. The normalized spacial score (nSPS) is 28.5. The summed E-state index contributed by atoms with van der Waals surface area (Å²) in [5.41, 5.74) is 0. The summed E-state index contributed by atoms with van der Waals surface area (Å²) < 4.78 is 240. The Morgan fingerprint density at radius 2 is 0.627 bits per heavy atom. The van der Waals surface area contributed by atoms with Crippen molar-refractivity contribution < 1.29 is 146 Å². The van der Waals surface area contributed by atoms with E-state index in [9.17, 15) is 127 Å². The number of allylic oxidation sites excluding steroid dienone is 4. The highest BCUT2D eigenvalue weighted by molar-refractivity contribution is 8.13. The minimum atomic E-state index is -6.12. The predicted molar refractivity (Wildman–Crippen MR) is 228 cm³/mol. The smallest absolute Gasteiger partial charge is 0.324 e. The van der Waals surface area contributed by atoms with Gasteiger partial charge in [0.1, 0.15) is 10.8 Å². The van der Waals surface area contributed by atoms with Gasteiger partial charge in [0, 0.05) is 34.4 Å². The highest BCUT2D eigenvalue weighted by Crippen LogP contribution is 2.59. The number of phenolic OH excluding ortho intramolecular Hbond substituents is 3. The SMILES string of the molecule is O=C1C2C3C=CC(C2C(=O)N1CS(=O)(=O)c1c(F)c(F)c(O)c(F)c1F)C1C(=O)N(OS(=O)(=O)c2c(F)c(F)c(O)c(F)c2F)C(=O)C31.O=C1C2C3C=CC(C2C(=O)N1O)C1C(=O)N(O)C(=O)C31.O=S(=O)(Cl)c1c(F)c(F)c(O)c(F)c1F. The van der Waals surface area contributed by atoms with Gasteiger partial charge in [0.2, 0.25) is 56.6 Å². The van der Waals surface area contributed by atoms with E-state index >= 15 is 0 Å². The molecule has 10 atom stereocenters. The summed E-state index contributed by atoms with van der Waals surface area (Å²) in [5, 5.41) is 45.3. The molecule has 13 rings (SSSR count). The summed E-state index contributed by atoms with van der Waals surface area (Å²) >= 11 is 0. The number of hydrogen-bond donors (Lipinski definition) is 5. The van der Waals surface area contributed by atoms with E-state index in [0.29, 0.717) is 0 Å². The van der Waals surface area contributed by atoms with Crippen LogP contribution in [0.25, 0.3) is 0 Å². The molecule has 444 valence electrons.